The SMILES string of the molecule is CN1C(=O)N(Cc2cnn(COCC[Si](C)(C)C)c2)C2(CC3(CCC(=O)CC3)C2)C1=O. The molecule has 1 aromatic rings. The predicted octanol–water partition coefficient (Wildman–Crippen LogP) is 3.25. The number of carbonyl (C=O) groups is 3. The van der Waals surface area contributed by atoms with E-state index in [1.165, 1.54) is 4.90 Å². The van der Waals surface area contributed by atoms with E-state index in [4.69, 9.17) is 4.74 Å². The first kappa shape index (κ1) is 22.2. The fourth-order valence-electron chi connectivity index (χ4n) is 5.32. The second-order valence-corrected chi connectivity index (χ2v) is 16.5. The fraction of sp³-hybridized carbons (Fsp3) is 0.727. The van der Waals surface area contributed by atoms with Crippen LogP contribution >= 0.6 is 0 Å². The third-order valence-electron chi connectivity index (χ3n) is 7.19. The molecule has 31 heavy (non-hydrogen) atoms. The van der Waals surface area contributed by atoms with Gasteiger partial charge in [0.05, 0.1) is 12.7 Å². The van der Waals surface area contributed by atoms with Crippen LogP contribution in [0.5, 0.6) is 0 Å². The van der Waals surface area contributed by atoms with Gasteiger partial charge in [-0.1, -0.05) is 19.6 Å². The standard InChI is InChI=1S/C22H34N4O4Si/c1-24-19(28)22(14-21(15-22)7-5-18(27)6-8-21)26(20(24)29)13-17-11-23-25(12-17)16-30-9-10-31(2,3)4/h11-12H,5-10,13-16H2,1-4H3. The number of ketones is 1. The number of imide groups is 1. The fourth-order valence-corrected chi connectivity index (χ4v) is 6.08. The van der Waals surface area contributed by atoms with Crippen molar-refractivity contribution in [3.8, 4) is 0 Å². The van der Waals surface area contributed by atoms with Crippen LogP contribution in [0.1, 0.15) is 44.1 Å². The Balaban J connectivity index is 1.40. The van der Waals surface area contributed by atoms with Gasteiger partial charge in [-0.3, -0.25) is 14.5 Å². The van der Waals surface area contributed by atoms with E-state index in [0.717, 1.165) is 31.1 Å². The Bertz CT molecular complexity index is 872. The summed E-state index contributed by atoms with van der Waals surface area (Å²) in [5, 5.41) is 4.37. The monoisotopic (exact) mass is 446 g/mol. The van der Waals surface area contributed by atoms with Crippen molar-refractivity contribution >= 4 is 25.8 Å². The summed E-state index contributed by atoms with van der Waals surface area (Å²) in [5.74, 6) is 0.205. The van der Waals surface area contributed by atoms with E-state index in [1.807, 2.05) is 6.20 Å². The van der Waals surface area contributed by atoms with Crippen LogP contribution in [-0.4, -0.2) is 64.6 Å². The average Bonchev–Trinajstić information content (AvgIpc) is 3.20. The molecule has 3 aliphatic rings. The zero-order valence-electron chi connectivity index (χ0n) is 19.1. The Labute approximate surface area is 184 Å². The molecule has 9 heteroatoms. The van der Waals surface area contributed by atoms with E-state index in [0.29, 0.717) is 44.7 Å². The van der Waals surface area contributed by atoms with Gasteiger partial charge in [-0.15, -0.1) is 0 Å². The normalized spacial score (nSPS) is 22.6. The number of rotatable bonds is 7. The lowest BCUT2D eigenvalue weighted by Crippen LogP contribution is -2.63. The summed E-state index contributed by atoms with van der Waals surface area (Å²) in [7, 11) is 0.443. The van der Waals surface area contributed by atoms with Gasteiger partial charge in [0.25, 0.3) is 5.91 Å². The first-order valence-corrected chi connectivity index (χ1v) is 15.0. The van der Waals surface area contributed by atoms with Crippen LogP contribution in [0.2, 0.25) is 25.7 Å². The van der Waals surface area contributed by atoms with E-state index < -0.39 is 13.6 Å². The molecule has 0 bridgehead atoms. The van der Waals surface area contributed by atoms with Crippen LogP contribution in [0.3, 0.4) is 0 Å². The molecule has 0 atom stereocenters. The average molecular weight is 447 g/mol. The molecule has 2 spiro atoms. The highest BCUT2D eigenvalue weighted by Crippen LogP contribution is 2.60. The third kappa shape index (κ3) is 4.22. The summed E-state index contributed by atoms with van der Waals surface area (Å²) in [6, 6.07) is 0.860. The summed E-state index contributed by atoms with van der Waals surface area (Å²) in [6.07, 6.45) is 7.83. The number of urea groups is 1. The first-order valence-electron chi connectivity index (χ1n) is 11.2. The number of hydrogen-bond donors (Lipinski definition) is 0. The Kier molecular flexibility index (Phi) is 5.62. The summed E-state index contributed by atoms with van der Waals surface area (Å²) in [4.78, 5) is 40.6. The summed E-state index contributed by atoms with van der Waals surface area (Å²) < 4.78 is 7.50. The number of Topliss-reactive ketones (excluding diaryl/α,β-unsaturated/α-hetero) is 1. The van der Waals surface area contributed by atoms with Crippen LogP contribution < -0.4 is 0 Å². The van der Waals surface area contributed by atoms with Crippen molar-refractivity contribution in [2.24, 2.45) is 5.41 Å². The molecule has 4 rings (SSSR count). The molecule has 0 N–H and O–H groups in total. The molecule has 2 aliphatic carbocycles. The maximum Gasteiger partial charge on any atom is 0.327 e. The van der Waals surface area contributed by atoms with E-state index in [2.05, 4.69) is 24.7 Å². The van der Waals surface area contributed by atoms with Gasteiger partial charge in [0, 0.05) is 46.3 Å². The van der Waals surface area contributed by atoms with Crippen molar-refractivity contribution in [1.29, 1.82) is 0 Å². The largest absolute Gasteiger partial charge is 0.360 e. The van der Waals surface area contributed by atoms with Gasteiger partial charge in [0.1, 0.15) is 18.1 Å². The highest BCUT2D eigenvalue weighted by molar-refractivity contribution is 6.76. The predicted molar refractivity (Wildman–Crippen MR) is 118 cm³/mol. The van der Waals surface area contributed by atoms with Crippen molar-refractivity contribution in [2.45, 2.75) is 83.0 Å². The summed E-state index contributed by atoms with van der Waals surface area (Å²) >= 11 is 0. The number of amides is 3. The van der Waals surface area contributed by atoms with Gasteiger partial charge in [-0.05, 0) is 37.1 Å². The zero-order chi connectivity index (χ0) is 22.4. The van der Waals surface area contributed by atoms with Crippen LogP contribution in [-0.2, 0) is 27.6 Å². The molecule has 170 valence electrons. The lowest BCUT2D eigenvalue weighted by atomic mass is 9.51. The minimum Gasteiger partial charge on any atom is -0.360 e. The molecule has 1 saturated heterocycles. The maximum atomic E-state index is 13.0. The zero-order valence-corrected chi connectivity index (χ0v) is 20.1. The molecular formula is C22H34N4O4Si. The van der Waals surface area contributed by atoms with Crippen molar-refractivity contribution in [2.75, 3.05) is 13.7 Å². The Morgan fingerprint density at radius 1 is 1.13 bits per heavy atom. The molecular weight excluding hydrogens is 412 g/mol. The van der Waals surface area contributed by atoms with Crippen LogP contribution in [0.4, 0.5) is 4.79 Å². The van der Waals surface area contributed by atoms with Crippen molar-refractivity contribution in [3.05, 3.63) is 18.0 Å². The van der Waals surface area contributed by atoms with E-state index in [1.54, 1.807) is 22.8 Å². The van der Waals surface area contributed by atoms with Gasteiger partial charge >= 0.3 is 6.03 Å². The quantitative estimate of drug-likeness (QED) is 0.365. The molecule has 3 amide bonds. The van der Waals surface area contributed by atoms with E-state index in [-0.39, 0.29) is 17.4 Å². The number of ether oxygens (including phenoxy) is 1. The van der Waals surface area contributed by atoms with Crippen molar-refractivity contribution in [3.63, 3.8) is 0 Å². The highest BCUT2D eigenvalue weighted by atomic mass is 28.3. The smallest absolute Gasteiger partial charge is 0.327 e. The number of aromatic nitrogens is 2. The number of hydrogen-bond acceptors (Lipinski definition) is 5. The molecule has 2 saturated carbocycles. The van der Waals surface area contributed by atoms with Gasteiger partial charge in [-0.2, -0.15) is 5.10 Å². The lowest BCUT2D eigenvalue weighted by molar-refractivity contribution is -0.151. The van der Waals surface area contributed by atoms with Gasteiger partial charge < -0.3 is 9.64 Å². The Morgan fingerprint density at radius 2 is 1.81 bits per heavy atom. The van der Waals surface area contributed by atoms with E-state index >= 15 is 0 Å². The van der Waals surface area contributed by atoms with Crippen LogP contribution in [0.25, 0.3) is 0 Å². The van der Waals surface area contributed by atoms with Crippen molar-refractivity contribution < 1.29 is 19.1 Å². The molecule has 1 aromatic heterocycles. The summed E-state index contributed by atoms with van der Waals surface area (Å²) in [5.41, 5.74) is 0.161. The lowest BCUT2D eigenvalue weighted by Gasteiger charge is -2.57. The molecule has 2 heterocycles. The van der Waals surface area contributed by atoms with Crippen molar-refractivity contribution in [1.82, 2.24) is 19.6 Å². The molecule has 0 aromatic carbocycles. The van der Waals surface area contributed by atoms with Crippen LogP contribution in [0, 0.1) is 5.41 Å². The molecule has 1 aliphatic heterocycles. The molecule has 3 fully saturated rings. The maximum absolute atomic E-state index is 13.0. The second kappa shape index (κ2) is 7.85. The van der Waals surface area contributed by atoms with E-state index in [9.17, 15) is 14.4 Å². The van der Waals surface area contributed by atoms with Crippen LogP contribution in [0.15, 0.2) is 12.4 Å². The third-order valence-corrected chi connectivity index (χ3v) is 8.89. The molecule has 8 nitrogen and oxygen atoms in total. The Hall–Kier alpha value is -2.00. The summed E-state index contributed by atoms with van der Waals surface area (Å²) in [6.45, 7) is 8.43. The highest BCUT2D eigenvalue weighted by Gasteiger charge is 2.67. The number of carbonyl (C=O) groups excluding carboxylic acids is 3. The minimum absolute atomic E-state index is 0.0294. The second-order valence-electron chi connectivity index (χ2n) is 10.9. The topological polar surface area (TPSA) is 84.7 Å². The minimum atomic E-state index is -1.12. The van der Waals surface area contributed by atoms with Gasteiger partial charge in [-0.25, -0.2) is 9.48 Å². The number of likely N-dealkylation sites (N-methyl/N-ethyl adjacent to an activating group) is 1. The van der Waals surface area contributed by atoms with Gasteiger partial charge in [0.2, 0.25) is 0 Å². The van der Waals surface area contributed by atoms with Gasteiger partial charge in [0.15, 0.2) is 0 Å². The number of nitrogens with zero attached hydrogens (tertiary/aromatic N) is 4. The Morgan fingerprint density at radius 3 is 2.45 bits per heavy atom. The first-order chi connectivity index (χ1) is 14.5. The molecule has 0 unspecified atom stereocenters. The molecule has 0 radical (unpaired) electrons.